The van der Waals surface area contributed by atoms with Crippen molar-refractivity contribution in [1.29, 1.82) is 0 Å². The minimum absolute atomic E-state index is 0.350. The summed E-state index contributed by atoms with van der Waals surface area (Å²) in [6.07, 6.45) is -2.33. The van der Waals surface area contributed by atoms with Gasteiger partial charge in [-0.2, -0.15) is 13.2 Å². The summed E-state index contributed by atoms with van der Waals surface area (Å²) >= 11 is 0. The van der Waals surface area contributed by atoms with Gasteiger partial charge in [-0.3, -0.25) is 4.68 Å². The van der Waals surface area contributed by atoms with Gasteiger partial charge < -0.3 is 5.73 Å². The standard InChI is InChI=1S/C12H13F3N4/c1-19-11(7-17-18-19)10(16)6-8-2-4-9(5-3-8)12(13,14)15/h2-5,7,10H,6,16H2,1H3. The molecule has 2 N–H and O–H groups in total. The van der Waals surface area contributed by atoms with Crippen molar-refractivity contribution < 1.29 is 13.2 Å². The monoisotopic (exact) mass is 270 g/mol. The summed E-state index contributed by atoms with van der Waals surface area (Å²) < 4.78 is 38.8. The number of halogens is 3. The predicted octanol–water partition coefficient (Wildman–Crippen LogP) is 2.08. The van der Waals surface area contributed by atoms with Crippen LogP contribution in [0, 0.1) is 0 Å². The third-order valence-corrected chi connectivity index (χ3v) is 2.87. The van der Waals surface area contributed by atoms with Gasteiger partial charge in [0.15, 0.2) is 0 Å². The van der Waals surface area contributed by atoms with Gasteiger partial charge in [-0.25, -0.2) is 0 Å². The Kier molecular flexibility index (Phi) is 3.57. The Hall–Kier alpha value is -1.89. The molecule has 0 bridgehead atoms. The molecule has 0 aliphatic heterocycles. The van der Waals surface area contributed by atoms with Crippen LogP contribution in [0.3, 0.4) is 0 Å². The molecule has 0 aliphatic carbocycles. The predicted molar refractivity (Wildman–Crippen MR) is 63.1 cm³/mol. The molecule has 4 nitrogen and oxygen atoms in total. The lowest BCUT2D eigenvalue weighted by Gasteiger charge is -2.12. The molecule has 1 heterocycles. The van der Waals surface area contributed by atoms with E-state index in [1.54, 1.807) is 17.9 Å². The molecule has 0 amide bonds. The second kappa shape index (κ2) is 5.00. The average Bonchev–Trinajstić information content (AvgIpc) is 2.75. The van der Waals surface area contributed by atoms with Crippen molar-refractivity contribution in [3.05, 3.63) is 47.3 Å². The molecule has 2 rings (SSSR count). The zero-order chi connectivity index (χ0) is 14.0. The maximum atomic E-state index is 12.4. The van der Waals surface area contributed by atoms with Crippen LogP contribution in [-0.2, 0) is 19.6 Å². The highest BCUT2D eigenvalue weighted by Gasteiger charge is 2.29. The van der Waals surface area contributed by atoms with E-state index in [0.717, 1.165) is 23.4 Å². The molecular formula is C12H13F3N4. The van der Waals surface area contributed by atoms with Gasteiger partial charge in [0, 0.05) is 7.05 Å². The second-order valence-corrected chi connectivity index (χ2v) is 4.29. The third kappa shape index (κ3) is 3.11. The number of hydrogen-bond acceptors (Lipinski definition) is 3. The normalized spacial score (nSPS) is 13.5. The first-order valence-electron chi connectivity index (χ1n) is 5.64. The summed E-state index contributed by atoms with van der Waals surface area (Å²) in [6.45, 7) is 0. The van der Waals surface area contributed by atoms with E-state index in [4.69, 9.17) is 5.73 Å². The van der Waals surface area contributed by atoms with Crippen LogP contribution in [0.25, 0.3) is 0 Å². The summed E-state index contributed by atoms with van der Waals surface area (Å²) in [4.78, 5) is 0. The molecular weight excluding hydrogens is 257 g/mol. The zero-order valence-electron chi connectivity index (χ0n) is 10.2. The molecule has 1 atom stereocenters. The number of hydrogen-bond donors (Lipinski definition) is 1. The van der Waals surface area contributed by atoms with E-state index in [-0.39, 0.29) is 6.04 Å². The van der Waals surface area contributed by atoms with Gasteiger partial charge in [-0.05, 0) is 24.1 Å². The fourth-order valence-electron chi connectivity index (χ4n) is 1.82. The van der Waals surface area contributed by atoms with Gasteiger partial charge in [0.1, 0.15) is 0 Å². The van der Waals surface area contributed by atoms with E-state index in [1.165, 1.54) is 12.1 Å². The van der Waals surface area contributed by atoms with Crippen molar-refractivity contribution >= 4 is 0 Å². The number of benzene rings is 1. The molecule has 0 spiro atoms. The topological polar surface area (TPSA) is 56.7 Å². The van der Waals surface area contributed by atoms with E-state index < -0.39 is 11.7 Å². The Balaban J connectivity index is 2.10. The van der Waals surface area contributed by atoms with Crippen LogP contribution in [0.4, 0.5) is 13.2 Å². The Morgan fingerprint density at radius 2 is 1.89 bits per heavy atom. The lowest BCUT2D eigenvalue weighted by molar-refractivity contribution is -0.137. The van der Waals surface area contributed by atoms with Crippen molar-refractivity contribution in [2.75, 3.05) is 0 Å². The van der Waals surface area contributed by atoms with E-state index >= 15 is 0 Å². The first-order valence-corrected chi connectivity index (χ1v) is 5.64. The number of nitrogens with zero attached hydrogens (tertiary/aromatic N) is 3. The average molecular weight is 270 g/mol. The van der Waals surface area contributed by atoms with Crippen LogP contribution < -0.4 is 5.73 Å². The zero-order valence-corrected chi connectivity index (χ0v) is 10.2. The summed E-state index contributed by atoms with van der Waals surface area (Å²) in [7, 11) is 1.72. The Morgan fingerprint density at radius 1 is 1.26 bits per heavy atom. The van der Waals surface area contributed by atoms with Gasteiger partial charge >= 0.3 is 6.18 Å². The van der Waals surface area contributed by atoms with Crippen molar-refractivity contribution in [3.63, 3.8) is 0 Å². The summed E-state index contributed by atoms with van der Waals surface area (Å²) in [6, 6.07) is 4.64. The third-order valence-electron chi connectivity index (χ3n) is 2.87. The molecule has 0 aliphatic rings. The number of nitrogens with two attached hydrogens (primary N) is 1. The molecule has 1 unspecified atom stereocenters. The largest absolute Gasteiger partial charge is 0.416 e. The Labute approximate surface area is 108 Å². The minimum atomic E-state index is -4.31. The summed E-state index contributed by atoms with van der Waals surface area (Å²) in [5.74, 6) is 0. The number of aromatic nitrogens is 3. The molecule has 19 heavy (non-hydrogen) atoms. The van der Waals surface area contributed by atoms with Crippen LogP contribution in [0.15, 0.2) is 30.5 Å². The molecule has 0 saturated heterocycles. The molecule has 1 aromatic carbocycles. The van der Waals surface area contributed by atoms with Gasteiger partial charge in [0.2, 0.25) is 0 Å². The molecule has 2 aromatic rings. The highest BCUT2D eigenvalue weighted by molar-refractivity contribution is 5.25. The maximum Gasteiger partial charge on any atom is 0.416 e. The van der Waals surface area contributed by atoms with Crippen molar-refractivity contribution in [1.82, 2.24) is 15.0 Å². The summed E-state index contributed by atoms with van der Waals surface area (Å²) in [5, 5.41) is 7.48. The van der Waals surface area contributed by atoms with Crippen molar-refractivity contribution in [2.45, 2.75) is 18.6 Å². The van der Waals surface area contributed by atoms with Gasteiger partial charge in [0.25, 0.3) is 0 Å². The van der Waals surface area contributed by atoms with Crippen molar-refractivity contribution in [2.24, 2.45) is 12.8 Å². The molecule has 102 valence electrons. The summed E-state index contributed by atoms with van der Waals surface area (Å²) in [5.41, 5.74) is 6.79. The SMILES string of the molecule is Cn1nncc1C(N)Cc1ccc(C(F)(F)F)cc1. The van der Waals surface area contributed by atoms with E-state index in [2.05, 4.69) is 10.3 Å². The van der Waals surface area contributed by atoms with E-state index in [1.807, 2.05) is 0 Å². The van der Waals surface area contributed by atoms with Crippen LogP contribution in [-0.4, -0.2) is 15.0 Å². The molecule has 0 fully saturated rings. The number of alkyl halides is 3. The quantitative estimate of drug-likeness (QED) is 0.929. The fourth-order valence-corrected chi connectivity index (χ4v) is 1.82. The van der Waals surface area contributed by atoms with E-state index in [9.17, 15) is 13.2 Å². The fraction of sp³-hybridized carbons (Fsp3) is 0.333. The van der Waals surface area contributed by atoms with Gasteiger partial charge in [-0.1, -0.05) is 17.3 Å². The van der Waals surface area contributed by atoms with Crippen molar-refractivity contribution in [3.8, 4) is 0 Å². The highest BCUT2D eigenvalue weighted by atomic mass is 19.4. The molecule has 7 heteroatoms. The van der Waals surface area contributed by atoms with Crippen LogP contribution in [0.5, 0.6) is 0 Å². The first kappa shape index (κ1) is 13.5. The lowest BCUT2D eigenvalue weighted by atomic mass is 10.0. The molecule has 0 radical (unpaired) electrons. The Morgan fingerprint density at radius 3 is 2.37 bits per heavy atom. The smallest absolute Gasteiger partial charge is 0.322 e. The van der Waals surface area contributed by atoms with Crippen LogP contribution in [0.1, 0.15) is 22.9 Å². The van der Waals surface area contributed by atoms with Crippen LogP contribution in [0.2, 0.25) is 0 Å². The second-order valence-electron chi connectivity index (χ2n) is 4.29. The number of aryl methyl sites for hydroxylation is 1. The van der Waals surface area contributed by atoms with Crippen LogP contribution >= 0.6 is 0 Å². The molecule has 1 aromatic heterocycles. The van der Waals surface area contributed by atoms with E-state index in [0.29, 0.717) is 6.42 Å². The van der Waals surface area contributed by atoms with Gasteiger partial charge in [-0.15, -0.1) is 5.10 Å². The number of rotatable bonds is 3. The van der Waals surface area contributed by atoms with Gasteiger partial charge in [0.05, 0.1) is 23.5 Å². The maximum absolute atomic E-state index is 12.4. The lowest BCUT2D eigenvalue weighted by Crippen LogP contribution is -2.17. The Bertz CT molecular complexity index is 545. The molecule has 0 saturated carbocycles. The minimum Gasteiger partial charge on any atom is -0.322 e. The highest BCUT2D eigenvalue weighted by Crippen LogP contribution is 2.29. The first-order chi connectivity index (χ1) is 8.88.